The lowest BCUT2D eigenvalue weighted by molar-refractivity contribution is 0.332. The minimum Gasteiger partial charge on any atom is -0.326 e. The van der Waals surface area contributed by atoms with Gasteiger partial charge in [-0.25, -0.2) is 8.42 Å². The Kier molecular flexibility index (Phi) is 3.26. The molecule has 1 saturated carbocycles. The molecule has 1 aliphatic carbocycles. The molecule has 0 saturated heterocycles. The van der Waals surface area contributed by atoms with Crippen molar-refractivity contribution in [3.63, 3.8) is 0 Å². The van der Waals surface area contributed by atoms with E-state index in [1.165, 1.54) is 0 Å². The highest BCUT2D eigenvalue weighted by atomic mass is 32.2. The van der Waals surface area contributed by atoms with Crippen molar-refractivity contribution >= 4 is 9.84 Å². The van der Waals surface area contributed by atoms with Gasteiger partial charge >= 0.3 is 0 Å². The van der Waals surface area contributed by atoms with Gasteiger partial charge in [0.15, 0.2) is 9.84 Å². The Hall–Kier alpha value is -0.0900. The number of hydrogen-bond donors (Lipinski definition) is 1. The highest BCUT2D eigenvalue weighted by molar-refractivity contribution is 7.92. The SMILES string of the molecule is CCCS(=O)(=O)C1CCC(C)(C)C1N. The summed E-state index contributed by atoms with van der Waals surface area (Å²) in [6, 6.07) is -0.195. The van der Waals surface area contributed by atoms with Gasteiger partial charge in [0.2, 0.25) is 0 Å². The Labute approximate surface area is 87.0 Å². The summed E-state index contributed by atoms with van der Waals surface area (Å²) in [6.45, 7) is 6.00. The quantitative estimate of drug-likeness (QED) is 0.779. The van der Waals surface area contributed by atoms with E-state index in [-0.39, 0.29) is 22.5 Å². The molecule has 0 aromatic heterocycles. The Morgan fingerprint density at radius 1 is 1.43 bits per heavy atom. The predicted octanol–water partition coefficient (Wildman–Crippen LogP) is 1.33. The number of rotatable bonds is 3. The monoisotopic (exact) mass is 219 g/mol. The molecule has 0 amide bonds. The lowest BCUT2D eigenvalue weighted by atomic mass is 9.88. The molecule has 2 N–H and O–H groups in total. The van der Waals surface area contributed by atoms with Crippen LogP contribution in [0.1, 0.15) is 40.0 Å². The summed E-state index contributed by atoms with van der Waals surface area (Å²) in [4.78, 5) is 0. The molecule has 14 heavy (non-hydrogen) atoms. The zero-order valence-corrected chi connectivity index (χ0v) is 10.1. The van der Waals surface area contributed by atoms with Gasteiger partial charge in [0.1, 0.15) is 0 Å². The van der Waals surface area contributed by atoms with Gasteiger partial charge in [0.05, 0.1) is 11.0 Å². The van der Waals surface area contributed by atoms with Crippen LogP contribution < -0.4 is 5.73 Å². The minimum absolute atomic E-state index is 0.0223. The molecule has 3 nitrogen and oxygen atoms in total. The zero-order valence-electron chi connectivity index (χ0n) is 9.29. The first-order chi connectivity index (χ1) is 6.31. The first kappa shape index (κ1) is 12.0. The van der Waals surface area contributed by atoms with Crippen LogP contribution in [0, 0.1) is 5.41 Å². The van der Waals surface area contributed by atoms with Crippen LogP contribution >= 0.6 is 0 Å². The van der Waals surface area contributed by atoms with Gasteiger partial charge in [-0.3, -0.25) is 0 Å². The van der Waals surface area contributed by atoms with Crippen molar-refractivity contribution in [2.24, 2.45) is 11.1 Å². The lowest BCUT2D eigenvalue weighted by Gasteiger charge is -2.26. The molecule has 0 radical (unpaired) electrons. The zero-order chi connectivity index (χ0) is 11.0. The number of sulfone groups is 1. The highest BCUT2D eigenvalue weighted by Gasteiger charge is 2.45. The maximum absolute atomic E-state index is 11.9. The molecule has 84 valence electrons. The maximum Gasteiger partial charge on any atom is 0.154 e. The molecule has 0 aliphatic heterocycles. The summed E-state index contributed by atoms with van der Waals surface area (Å²) >= 11 is 0. The van der Waals surface area contributed by atoms with Gasteiger partial charge in [-0.05, 0) is 24.7 Å². The highest BCUT2D eigenvalue weighted by Crippen LogP contribution is 2.39. The fourth-order valence-corrected chi connectivity index (χ4v) is 4.37. The second kappa shape index (κ2) is 3.81. The Balaban J connectivity index is 2.83. The standard InChI is InChI=1S/C10H21NO2S/c1-4-7-14(12,13)8-5-6-10(2,3)9(8)11/h8-9H,4-7,11H2,1-3H3. The molecular formula is C10H21NO2S. The summed E-state index contributed by atoms with van der Waals surface area (Å²) in [7, 11) is -2.96. The van der Waals surface area contributed by atoms with Gasteiger partial charge in [0, 0.05) is 6.04 Å². The molecule has 0 spiro atoms. The smallest absolute Gasteiger partial charge is 0.154 e. The summed E-state index contributed by atoms with van der Waals surface area (Å²) in [5.41, 5.74) is 5.97. The number of nitrogens with two attached hydrogens (primary N) is 1. The van der Waals surface area contributed by atoms with Crippen molar-refractivity contribution < 1.29 is 8.42 Å². The second-order valence-corrected chi connectivity index (χ2v) is 7.30. The van der Waals surface area contributed by atoms with Crippen molar-refractivity contribution in [3.05, 3.63) is 0 Å². The van der Waals surface area contributed by atoms with E-state index in [2.05, 4.69) is 13.8 Å². The molecule has 0 aromatic carbocycles. The molecule has 1 fully saturated rings. The van der Waals surface area contributed by atoms with E-state index in [1.807, 2.05) is 6.92 Å². The average Bonchev–Trinajstić information content (AvgIpc) is 2.27. The van der Waals surface area contributed by atoms with Crippen molar-refractivity contribution in [2.45, 2.75) is 51.3 Å². The Morgan fingerprint density at radius 3 is 2.36 bits per heavy atom. The van der Waals surface area contributed by atoms with Crippen molar-refractivity contribution in [1.82, 2.24) is 0 Å². The van der Waals surface area contributed by atoms with Crippen molar-refractivity contribution in [3.8, 4) is 0 Å². The molecule has 2 unspecified atom stereocenters. The third-order valence-corrected chi connectivity index (χ3v) is 5.75. The van der Waals surface area contributed by atoms with Crippen molar-refractivity contribution in [2.75, 3.05) is 5.75 Å². The van der Waals surface area contributed by atoms with Crippen LogP contribution in [0.5, 0.6) is 0 Å². The van der Waals surface area contributed by atoms with Crippen LogP contribution in [0.15, 0.2) is 0 Å². The van der Waals surface area contributed by atoms with Crippen LogP contribution in [-0.2, 0) is 9.84 Å². The van der Waals surface area contributed by atoms with E-state index in [9.17, 15) is 8.42 Å². The van der Waals surface area contributed by atoms with Gasteiger partial charge in [-0.2, -0.15) is 0 Å². The summed E-state index contributed by atoms with van der Waals surface area (Å²) in [5.74, 6) is 0.279. The van der Waals surface area contributed by atoms with Crippen LogP contribution in [-0.4, -0.2) is 25.5 Å². The molecule has 0 heterocycles. The topological polar surface area (TPSA) is 60.2 Å². The van der Waals surface area contributed by atoms with E-state index >= 15 is 0 Å². The summed E-state index contributed by atoms with van der Waals surface area (Å²) in [5, 5.41) is -0.308. The predicted molar refractivity (Wildman–Crippen MR) is 58.9 cm³/mol. The Bertz CT molecular complexity index is 295. The van der Waals surface area contributed by atoms with Gasteiger partial charge < -0.3 is 5.73 Å². The van der Waals surface area contributed by atoms with Crippen LogP contribution in [0.2, 0.25) is 0 Å². The fraction of sp³-hybridized carbons (Fsp3) is 1.00. The fourth-order valence-electron chi connectivity index (χ4n) is 2.20. The largest absolute Gasteiger partial charge is 0.326 e. The van der Waals surface area contributed by atoms with E-state index in [0.717, 1.165) is 12.8 Å². The first-order valence-electron chi connectivity index (χ1n) is 5.28. The molecule has 0 aromatic rings. The molecule has 2 atom stereocenters. The van der Waals surface area contributed by atoms with E-state index in [0.29, 0.717) is 6.42 Å². The van der Waals surface area contributed by atoms with Gasteiger partial charge in [-0.1, -0.05) is 20.8 Å². The molecular weight excluding hydrogens is 198 g/mol. The van der Waals surface area contributed by atoms with Gasteiger partial charge in [-0.15, -0.1) is 0 Å². The molecule has 0 bridgehead atoms. The normalized spacial score (nSPS) is 32.0. The second-order valence-electron chi connectivity index (χ2n) is 4.96. The first-order valence-corrected chi connectivity index (χ1v) is 7.00. The van der Waals surface area contributed by atoms with Crippen LogP contribution in [0.3, 0.4) is 0 Å². The Morgan fingerprint density at radius 2 is 2.00 bits per heavy atom. The minimum atomic E-state index is -2.96. The van der Waals surface area contributed by atoms with Crippen LogP contribution in [0.4, 0.5) is 0 Å². The van der Waals surface area contributed by atoms with Crippen molar-refractivity contribution in [1.29, 1.82) is 0 Å². The molecule has 4 heteroatoms. The summed E-state index contributed by atoms with van der Waals surface area (Å²) < 4.78 is 23.7. The molecule has 1 rings (SSSR count). The lowest BCUT2D eigenvalue weighted by Crippen LogP contribution is -2.44. The van der Waals surface area contributed by atoms with E-state index < -0.39 is 9.84 Å². The maximum atomic E-state index is 11.9. The van der Waals surface area contributed by atoms with E-state index in [1.54, 1.807) is 0 Å². The summed E-state index contributed by atoms with van der Waals surface area (Å²) in [6.07, 6.45) is 2.34. The van der Waals surface area contributed by atoms with Crippen LogP contribution in [0.25, 0.3) is 0 Å². The van der Waals surface area contributed by atoms with Gasteiger partial charge in [0.25, 0.3) is 0 Å². The number of hydrogen-bond acceptors (Lipinski definition) is 3. The third kappa shape index (κ3) is 2.11. The average molecular weight is 219 g/mol. The third-order valence-electron chi connectivity index (χ3n) is 3.33. The molecule has 1 aliphatic rings. The van der Waals surface area contributed by atoms with E-state index in [4.69, 9.17) is 5.73 Å².